The van der Waals surface area contributed by atoms with Crippen LogP contribution >= 0.6 is 0 Å². The van der Waals surface area contributed by atoms with Crippen LogP contribution in [0.3, 0.4) is 0 Å². The Labute approximate surface area is 101 Å². The van der Waals surface area contributed by atoms with Crippen molar-refractivity contribution in [2.45, 2.75) is 20.8 Å². The van der Waals surface area contributed by atoms with Crippen molar-refractivity contribution in [1.82, 2.24) is 0 Å². The number of allylic oxidation sites excluding steroid dienone is 3. The van der Waals surface area contributed by atoms with Crippen molar-refractivity contribution >= 4 is 21.5 Å². The van der Waals surface area contributed by atoms with Gasteiger partial charge in [0.1, 0.15) is 0 Å². The van der Waals surface area contributed by atoms with E-state index in [0.29, 0.717) is 11.1 Å². The average Bonchev–Trinajstić information content (AvgIpc) is 2.11. The summed E-state index contributed by atoms with van der Waals surface area (Å²) in [7, 11) is -3.51. The smallest absolute Gasteiger partial charge is 0.250 e. The van der Waals surface area contributed by atoms with E-state index in [1.165, 1.54) is 6.08 Å². The molecule has 0 bridgehead atoms. The van der Waals surface area contributed by atoms with Crippen molar-refractivity contribution in [3.63, 3.8) is 0 Å². The average molecular weight is 256 g/mol. The third-order valence-electron chi connectivity index (χ3n) is 2.36. The number of Topliss-reactive ketones (excluding diaryl/α,β-unsaturated/α-hetero) is 1. The van der Waals surface area contributed by atoms with Crippen LogP contribution in [0.2, 0.25) is 0 Å². The Balaban J connectivity index is 3.49. The van der Waals surface area contributed by atoms with Gasteiger partial charge in [-0.15, -0.1) is 0 Å². The number of ketones is 1. The summed E-state index contributed by atoms with van der Waals surface area (Å²) in [6, 6.07) is 0. The van der Waals surface area contributed by atoms with Crippen molar-refractivity contribution in [2.24, 2.45) is 16.0 Å². The SMILES string of the molecule is CC1=CC(=NS(C)(=O)=O)C(C(C)C)=C(N)C1=O. The van der Waals surface area contributed by atoms with E-state index in [1.54, 1.807) is 6.92 Å². The molecule has 0 aromatic heterocycles. The highest BCUT2D eigenvalue weighted by Crippen LogP contribution is 2.23. The van der Waals surface area contributed by atoms with E-state index in [9.17, 15) is 13.2 Å². The Morgan fingerprint density at radius 1 is 1.35 bits per heavy atom. The quantitative estimate of drug-likeness (QED) is 0.739. The van der Waals surface area contributed by atoms with Crippen molar-refractivity contribution < 1.29 is 13.2 Å². The molecule has 1 rings (SSSR count). The van der Waals surface area contributed by atoms with E-state index in [2.05, 4.69) is 4.40 Å². The highest BCUT2D eigenvalue weighted by atomic mass is 32.2. The van der Waals surface area contributed by atoms with Gasteiger partial charge in [0.25, 0.3) is 10.0 Å². The van der Waals surface area contributed by atoms with Gasteiger partial charge in [0.15, 0.2) is 0 Å². The Morgan fingerprint density at radius 3 is 2.29 bits per heavy atom. The summed E-state index contributed by atoms with van der Waals surface area (Å²) in [6.45, 7) is 5.26. The standard InChI is InChI=1S/C11H16N2O3S/c1-6(2)9-8(13-17(4,15)16)5-7(3)11(14)10(9)12/h5-6H,12H2,1-4H3. The topological polar surface area (TPSA) is 89.6 Å². The minimum absolute atomic E-state index is 0.0659. The molecule has 0 amide bonds. The zero-order valence-corrected chi connectivity index (χ0v) is 11.1. The van der Waals surface area contributed by atoms with Gasteiger partial charge >= 0.3 is 0 Å². The summed E-state index contributed by atoms with van der Waals surface area (Å²) in [6.07, 6.45) is 2.48. The highest BCUT2D eigenvalue weighted by molar-refractivity contribution is 7.89. The summed E-state index contributed by atoms with van der Waals surface area (Å²) in [4.78, 5) is 11.7. The van der Waals surface area contributed by atoms with Crippen LogP contribution in [0, 0.1) is 5.92 Å². The fraction of sp³-hybridized carbons (Fsp3) is 0.455. The van der Waals surface area contributed by atoms with Crippen molar-refractivity contribution in [1.29, 1.82) is 0 Å². The molecule has 0 unspecified atom stereocenters. The van der Waals surface area contributed by atoms with Crippen LogP contribution in [0.25, 0.3) is 0 Å². The van der Waals surface area contributed by atoms with Crippen LogP contribution < -0.4 is 5.73 Å². The van der Waals surface area contributed by atoms with E-state index >= 15 is 0 Å². The summed E-state index contributed by atoms with van der Waals surface area (Å²) < 4.78 is 26.0. The van der Waals surface area contributed by atoms with Crippen molar-refractivity contribution in [3.8, 4) is 0 Å². The summed E-state index contributed by atoms with van der Waals surface area (Å²) in [5.41, 5.74) is 6.97. The highest BCUT2D eigenvalue weighted by Gasteiger charge is 2.25. The van der Waals surface area contributed by atoms with Gasteiger partial charge in [0, 0.05) is 11.1 Å². The first-order chi connectivity index (χ1) is 7.63. The largest absolute Gasteiger partial charge is 0.395 e. The third kappa shape index (κ3) is 3.03. The molecule has 5 nitrogen and oxygen atoms in total. The van der Waals surface area contributed by atoms with Gasteiger partial charge in [-0.2, -0.15) is 4.40 Å². The molecule has 0 fully saturated rings. The number of nitrogens with two attached hydrogens (primary N) is 1. The first kappa shape index (κ1) is 13.6. The van der Waals surface area contributed by atoms with Gasteiger partial charge in [0.2, 0.25) is 5.78 Å². The molecule has 0 heterocycles. The first-order valence-corrected chi connectivity index (χ1v) is 7.01. The number of nitrogens with zero attached hydrogens (tertiary/aromatic N) is 1. The van der Waals surface area contributed by atoms with Gasteiger partial charge in [-0.05, 0) is 18.9 Å². The molecule has 1 aliphatic carbocycles. The van der Waals surface area contributed by atoms with Crippen molar-refractivity contribution in [2.75, 3.05) is 6.26 Å². The predicted molar refractivity (Wildman–Crippen MR) is 67.1 cm³/mol. The van der Waals surface area contributed by atoms with Crippen LogP contribution in [-0.2, 0) is 14.8 Å². The van der Waals surface area contributed by atoms with E-state index in [1.807, 2.05) is 13.8 Å². The number of hydrogen-bond acceptors (Lipinski definition) is 4. The molecule has 0 saturated heterocycles. The molecular formula is C11H16N2O3S. The predicted octanol–water partition coefficient (Wildman–Crippen LogP) is 0.785. The second-order valence-electron chi connectivity index (χ2n) is 4.35. The lowest BCUT2D eigenvalue weighted by atomic mass is 9.88. The zero-order valence-electron chi connectivity index (χ0n) is 10.3. The molecule has 2 N–H and O–H groups in total. The molecule has 0 spiro atoms. The molecule has 6 heteroatoms. The lowest BCUT2D eigenvalue weighted by molar-refractivity contribution is -0.112. The Bertz CT molecular complexity index is 551. The molecule has 1 aliphatic rings. The fourth-order valence-corrected chi connectivity index (χ4v) is 2.19. The molecule has 0 aliphatic heterocycles. The normalized spacial score (nSPS) is 20.2. The van der Waals surface area contributed by atoms with E-state index in [-0.39, 0.29) is 23.1 Å². The minimum Gasteiger partial charge on any atom is -0.395 e. The molecule has 0 aromatic carbocycles. The number of hydrogen-bond donors (Lipinski definition) is 1. The van der Waals surface area contributed by atoms with Crippen molar-refractivity contribution in [3.05, 3.63) is 22.9 Å². The number of rotatable bonds is 2. The second-order valence-corrected chi connectivity index (χ2v) is 6.00. The van der Waals surface area contributed by atoms with Crippen LogP contribution in [0.1, 0.15) is 20.8 Å². The number of carbonyl (C=O) groups is 1. The van der Waals surface area contributed by atoms with Gasteiger partial charge in [-0.3, -0.25) is 4.79 Å². The van der Waals surface area contributed by atoms with Crippen LogP contribution in [-0.4, -0.2) is 26.2 Å². The van der Waals surface area contributed by atoms with E-state index in [0.717, 1.165) is 6.26 Å². The lowest BCUT2D eigenvalue weighted by Gasteiger charge is -2.19. The number of carbonyl (C=O) groups excluding carboxylic acids is 1. The molecular weight excluding hydrogens is 240 g/mol. The van der Waals surface area contributed by atoms with E-state index < -0.39 is 10.0 Å². The van der Waals surface area contributed by atoms with Gasteiger partial charge < -0.3 is 5.73 Å². The molecule has 0 saturated carbocycles. The maximum atomic E-state index is 11.7. The maximum Gasteiger partial charge on any atom is 0.250 e. The summed E-state index contributed by atoms with van der Waals surface area (Å²) in [5, 5.41) is 0. The molecule has 0 aromatic rings. The van der Waals surface area contributed by atoms with Crippen LogP contribution in [0.5, 0.6) is 0 Å². The summed E-state index contributed by atoms with van der Waals surface area (Å²) in [5.74, 6) is -0.329. The second kappa shape index (κ2) is 4.44. The minimum atomic E-state index is -3.51. The molecule has 17 heavy (non-hydrogen) atoms. The Hall–Kier alpha value is -1.43. The monoisotopic (exact) mass is 256 g/mol. The first-order valence-electron chi connectivity index (χ1n) is 5.16. The molecule has 0 atom stereocenters. The zero-order chi connectivity index (χ0) is 13.4. The number of sulfonamides is 1. The summed E-state index contributed by atoms with van der Waals surface area (Å²) >= 11 is 0. The van der Waals surface area contributed by atoms with Crippen LogP contribution in [0.15, 0.2) is 27.3 Å². The van der Waals surface area contributed by atoms with Gasteiger partial charge in [0.05, 0.1) is 17.7 Å². The fourth-order valence-electron chi connectivity index (χ4n) is 1.68. The van der Waals surface area contributed by atoms with E-state index in [4.69, 9.17) is 5.73 Å². The van der Waals surface area contributed by atoms with Gasteiger partial charge in [-0.1, -0.05) is 13.8 Å². The third-order valence-corrected chi connectivity index (χ3v) is 2.89. The Morgan fingerprint density at radius 2 is 1.88 bits per heavy atom. The lowest BCUT2D eigenvalue weighted by Crippen LogP contribution is -2.26. The molecule has 94 valence electrons. The molecule has 0 radical (unpaired) electrons. The van der Waals surface area contributed by atoms with Crippen LogP contribution in [0.4, 0.5) is 0 Å². The maximum absolute atomic E-state index is 11.7. The van der Waals surface area contributed by atoms with Gasteiger partial charge in [-0.25, -0.2) is 8.42 Å². The Kier molecular flexibility index (Phi) is 3.56.